The van der Waals surface area contributed by atoms with E-state index >= 15 is 0 Å². The Hall–Kier alpha value is -0.720. The third kappa shape index (κ3) is 1.88. The van der Waals surface area contributed by atoms with Crippen LogP contribution in [0.15, 0.2) is 32.5 Å². The molecule has 0 aliphatic carbocycles. The zero-order valence-electron chi connectivity index (χ0n) is 9.81. The van der Waals surface area contributed by atoms with Crippen molar-refractivity contribution in [3.63, 3.8) is 0 Å². The minimum Gasteiger partial charge on any atom is -0.493 e. The molecule has 0 unspecified atom stereocenters. The summed E-state index contributed by atoms with van der Waals surface area (Å²) < 4.78 is 6.91. The van der Waals surface area contributed by atoms with E-state index in [0.717, 1.165) is 27.6 Å². The molecule has 2 aromatic rings. The van der Waals surface area contributed by atoms with E-state index in [9.17, 15) is 4.79 Å². The van der Waals surface area contributed by atoms with Crippen LogP contribution >= 0.6 is 39.0 Å². The molecule has 2 aliphatic heterocycles. The first-order valence-corrected chi connectivity index (χ1v) is 8.60. The highest BCUT2D eigenvalue weighted by molar-refractivity contribution is 9.10. The van der Waals surface area contributed by atoms with Crippen molar-refractivity contribution in [2.45, 2.75) is 10.9 Å². The predicted octanol–water partition coefficient (Wildman–Crippen LogP) is 3.45. The Labute approximate surface area is 126 Å². The van der Waals surface area contributed by atoms with Crippen LogP contribution in [0.4, 0.5) is 0 Å². The average molecular weight is 356 g/mol. The van der Waals surface area contributed by atoms with Crippen LogP contribution in [0.1, 0.15) is 16.4 Å². The van der Waals surface area contributed by atoms with Crippen LogP contribution in [0.5, 0.6) is 5.75 Å². The quantitative estimate of drug-likeness (QED) is 0.786. The molecular weight excluding hydrogens is 346 g/mol. The van der Waals surface area contributed by atoms with Gasteiger partial charge in [-0.2, -0.15) is 0 Å². The molecule has 3 nitrogen and oxygen atoms in total. The maximum absolute atomic E-state index is 11.6. The van der Waals surface area contributed by atoms with Crippen molar-refractivity contribution in [1.82, 2.24) is 4.98 Å². The molecule has 0 spiro atoms. The Bertz CT molecular complexity index is 709. The molecule has 4 rings (SSSR count). The van der Waals surface area contributed by atoms with Gasteiger partial charge in [0.1, 0.15) is 5.75 Å². The van der Waals surface area contributed by atoms with Crippen molar-refractivity contribution in [3.05, 3.63) is 42.8 Å². The molecule has 0 radical (unpaired) electrons. The largest absolute Gasteiger partial charge is 0.493 e. The van der Waals surface area contributed by atoms with Crippen molar-refractivity contribution in [2.75, 3.05) is 12.4 Å². The number of H-pyrrole nitrogens is 1. The second-order valence-corrected chi connectivity index (χ2v) is 7.71. The van der Waals surface area contributed by atoms with Crippen LogP contribution in [0.25, 0.3) is 0 Å². The summed E-state index contributed by atoms with van der Waals surface area (Å²) in [6.07, 6.45) is 0. The maximum Gasteiger partial charge on any atom is 0.305 e. The van der Waals surface area contributed by atoms with Crippen molar-refractivity contribution in [2.24, 2.45) is 5.92 Å². The summed E-state index contributed by atoms with van der Waals surface area (Å²) in [5.41, 5.74) is 1.20. The number of ether oxygens (including phenoxy) is 1. The van der Waals surface area contributed by atoms with E-state index in [1.807, 2.05) is 12.1 Å². The van der Waals surface area contributed by atoms with Gasteiger partial charge in [-0.1, -0.05) is 27.3 Å². The number of nitrogens with one attached hydrogen (secondary N) is 1. The topological polar surface area (TPSA) is 42.1 Å². The highest BCUT2D eigenvalue weighted by atomic mass is 79.9. The van der Waals surface area contributed by atoms with Crippen molar-refractivity contribution in [1.29, 1.82) is 0 Å². The fraction of sp³-hybridized carbons (Fsp3) is 0.308. The van der Waals surface area contributed by atoms with Gasteiger partial charge in [-0.3, -0.25) is 4.79 Å². The molecular formula is C13H10BrNO2S2. The van der Waals surface area contributed by atoms with Gasteiger partial charge in [0.2, 0.25) is 0 Å². The minimum atomic E-state index is 0.0428. The number of fused-ring (bicyclic) bond motifs is 5. The fourth-order valence-corrected chi connectivity index (χ4v) is 5.56. The molecule has 19 heavy (non-hydrogen) atoms. The maximum atomic E-state index is 11.6. The predicted molar refractivity (Wildman–Crippen MR) is 80.6 cm³/mol. The number of hydrogen-bond donors (Lipinski definition) is 1. The highest BCUT2D eigenvalue weighted by Gasteiger charge is 2.38. The van der Waals surface area contributed by atoms with E-state index in [-0.39, 0.29) is 4.87 Å². The summed E-state index contributed by atoms with van der Waals surface area (Å²) in [7, 11) is 0. The van der Waals surface area contributed by atoms with Crippen LogP contribution in [-0.2, 0) is 0 Å². The molecule has 0 saturated heterocycles. The molecule has 1 aromatic carbocycles. The van der Waals surface area contributed by atoms with E-state index in [4.69, 9.17) is 4.74 Å². The molecule has 2 aliphatic rings. The first kappa shape index (κ1) is 12.1. The van der Waals surface area contributed by atoms with Crippen molar-refractivity contribution >= 4 is 39.0 Å². The molecule has 1 N–H and O–H groups in total. The molecule has 1 aromatic heterocycles. The van der Waals surface area contributed by atoms with E-state index < -0.39 is 0 Å². The Balaban J connectivity index is 1.94. The Kier molecular flexibility index (Phi) is 2.79. The van der Waals surface area contributed by atoms with Crippen LogP contribution in [0, 0.1) is 5.92 Å². The zero-order valence-corrected chi connectivity index (χ0v) is 13.0. The van der Waals surface area contributed by atoms with Gasteiger partial charge in [0.05, 0.1) is 11.6 Å². The molecule has 2 atom stereocenters. The summed E-state index contributed by atoms with van der Waals surface area (Å²) in [4.78, 5) is 15.8. The normalized spacial score (nSPS) is 24.1. The zero-order chi connectivity index (χ0) is 13.0. The van der Waals surface area contributed by atoms with Gasteiger partial charge < -0.3 is 9.72 Å². The number of hydrogen-bond acceptors (Lipinski definition) is 4. The number of benzene rings is 1. The van der Waals surface area contributed by atoms with Gasteiger partial charge in [-0.25, -0.2) is 0 Å². The molecule has 0 amide bonds. The molecule has 98 valence electrons. The lowest BCUT2D eigenvalue weighted by molar-refractivity contribution is 0.219. The van der Waals surface area contributed by atoms with Crippen LogP contribution < -0.4 is 9.61 Å². The van der Waals surface area contributed by atoms with Gasteiger partial charge in [0, 0.05) is 32.5 Å². The Morgan fingerprint density at radius 3 is 3.21 bits per heavy atom. The van der Waals surface area contributed by atoms with E-state index in [1.165, 1.54) is 21.8 Å². The summed E-state index contributed by atoms with van der Waals surface area (Å²) in [5, 5.41) is 1.05. The minimum absolute atomic E-state index is 0.0428. The summed E-state index contributed by atoms with van der Waals surface area (Å²) in [6.45, 7) is 0.734. The van der Waals surface area contributed by atoms with E-state index in [0.29, 0.717) is 11.8 Å². The third-order valence-electron chi connectivity index (χ3n) is 3.60. The number of halogens is 1. The second-order valence-electron chi connectivity index (χ2n) is 4.75. The van der Waals surface area contributed by atoms with Gasteiger partial charge in [0.15, 0.2) is 0 Å². The van der Waals surface area contributed by atoms with Gasteiger partial charge in [0.25, 0.3) is 0 Å². The number of aromatic amines is 1. The summed E-state index contributed by atoms with van der Waals surface area (Å²) in [6, 6.07) is 6.12. The lowest BCUT2D eigenvalue weighted by atomic mass is 9.84. The smallest absolute Gasteiger partial charge is 0.305 e. The van der Waals surface area contributed by atoms with Gasteiger partial charge >= 0.3 is 4.87 Å². The summed E-state index contributed by atoms with van der Waals surface area (Å²) >= 11 is 6.60. The summed E-state index contributed by atoms with van der Waals surface area (Å²) in [5.74, 6) is 2.69. The Morgan fingerprint density at radius 1 is 1.42 bits per heavy atom. The molecule has 0 saturated carbocycles. The number of rotatable bonds is 0. The molecule has 3 heterocycles. The van der Waals surface area contributed by atoms with Gasteiger partial charge in [-0.15, -0.1) is 11.8 Å². The monoisotopic (exact) mass is 355 g/mol. The van der Waals surface area contributed by atoms with Crippen LogP contribution in [0.3, 0.4) is 0 Å². The number of thiazole rings is 1. The Morgan fingerprint density at radius 2 is 2.32 bits per heavy atom. The molecule has 0 fully saturated rings. The highest BCUT2D eigenvalue weighted by Crippen LogP contribution is 2.50. The van der Waals surface area contributed by atoms with E-state index in [1.54, 1.807) is 11.8 Å². The number of thioether (sulfide) groups is 1. The third-order valence-corrected chi connectivity index (χ3v) is 6.39. The molecule has 6 heteroatoms. The SMILES string of the molecule is O=c1[nH]c2c(s1)[C@H]1c3cc(Br)ccc3OC[C@H]1CS2. The van der Waals surface area contributed by atoms with E-state index in [2.05, 4.69) is 27.0 Å². The standard InChI is InChI=1S/C13H10BrNO2S2/c14-7-1-2-9-8(3-7)10-6(4-17-9)5-18-12-11(10)19-13(16)15-12/h1-3,6,10H,4-5H2,(H,15,16)/t6-,10+/m0/s1. The van der Waals surface area contributed by atoms with Crippen molar-refractivity contribution < 1.29 is 4.74 Å². The first-order chi connectivity index (χ1) is 9.22. The lowest BCUT2D eigenvalue weighted by Gasteiger charge is -2.36. The second kappa shape index (κ2) is 4.40. The van der Waals surface area contributed by atoms with Gasteiger partial charge in [-0.05, 0) is 18.2 Å². The number of aromatic nitrogens is 1. The fourth-order valence-electron chi connectivity index (χ4n) is 2.77. The average Bonchev–Trinajstić information content (AvgIpc) is 2.78. The van der Waals surface area contributed by atoms with Crippen LogP contribution in [0.2, 0.25) is 0 Å². The molecule has 0 bridgehead atoms. The first-order valence-electron chi connectivity index (χ1n) is 6.00. The van der Waals surface area contributed by atoms with Crippen LogP contribution in [-0.4, -0.2) is 17.3 Å². The van der Waals surface area contributed by atoms with Crippen molar-refractivity contribution in [3.8, 4) is 5.75 Å². The lowest BCUT2D eigenvalue weighted by Crippen LogP contribution is -2.30.